The molecule has 0 fully saturated rings. The predicted molar refractivity (Wildman–Crippen MR) is 90.3 cm³/mol. The van der Waals surface area contributed by atoms with Gasteiger partial charge in [-0.25, -0.2) is 4.79 Å². The number of fused-ring (bicyclic) bond motifs is 1. The highest BCUT2D eigenvalue weighted by atomic mass is 16.5. The third-order valence-corrected chi connectivity index (χ3v) is 3.76. The molecule has 5 nitrogen and oxygen atoms in total. The van der Waals surface area contributed by atoms with Crippen molar-refractivity contribution in [2.24, 2.45) is 0 Å². The lowest BCUT2D eigenvalue weighted by Crippen LogP contribution is -2.05. The average Bonchev–Trinajstić information content (AvgIpc) is 2.99. The van der Waals surface area contributed by atoms with Crippen molar-refractivity contribution in [1.29, 1.82) is 0 Å². The molecule has 0 spiro atoms. The van der Waals surface area contributed by atoms with Crippen LogP contribution in [0.5, 0.6) is 11.5 Å². The summed E-state index contributed by atoms with van der Waals surface area (Å²) in [4.78, 5) is 11.8. The number of hydrogen-bond donors (Lipinski definition) is 1. The quantitative estimate of drug-likeness (QED) is 0.742. The number of aromatic hydroxyl groups is 1. The normalized spacial score (nSPS) is 10.5. The highest BCUT2D eigenvalue weighted by molar-refractivity contribution is 5.83. The van der Waals surface area contributed by atoms with Crippen molar-refractivity contribution in [3.8, 4) is 34.9 Å². The van der Waals surface area contributed by atoms with Gasteiger partial charge in [0.2, 0.25) is 0 Å². The van der Waals surface area contributed by atoms with Gasteiger partial charge in [0.05, 0.1) is 5.56 Å². The van der Waals surface area contributed by atoms with E-state index in [-0.39, 0.29) is 17.1 Å². The fourth-order valence-corrected chi connectivity index (χ4v) is 2.37. The van der Waals surface area contributed by atoms with Gasteiger partial charge >= 0.3 is 5.63 Å². The van der Waals surface area contributed by atoms with E-state index in [9.17, 15) is 9.90 Å². The van der Waals surface area contributed by atoms with Crippen LogP contribution in [0, 0.1) is 25.7 Å². The van der Waals surface area contributed by atoms with Crippen molar-refractivity contribution in [2.75, 3.05) is 6.61 Å². The third kappa shape index (κ3) is 2.74. The van der Waals surface area contributed by atoms with Crippen molar-refractivity contribution >= 4 is 11.0 Å². The van der Waals surface area contributed by atoms with Crippen LogP contribution in [-0.2, 0) is 0 Å². The van der Waals surface area contributed by atoms with Gasteiger partial charge in [0.25, 0.3) is 0 Å². The first-order valence-electron chi connectivity index (χ1n) is 7.41. The van der Waals surface area contributed by atoms with E-state index in [1.54, 1.807) is 26.0 Å². The summed E-state index contributed by atoms with van der Waals surface area (Å²) < 4.78 is 16.6. The molecular formula is C19H16O5. The summed E-state index contributed by atoms with van der Waals surface area (Å²) >= 11 is 0. The minimum atomic E-state index is -0.587. The van der Waals surface area contributed by atoms with Crippen LogP contribution >= 0.6 is 0 Å². The van der Waals surface area contributed by atoms with Gasteiger partial charge in [0.1, 0.15) is 23.7 Å². The van der Waals surface area contributed by atoms with E-state index in [0.29, 0.717) is 29.3 Å². The predicted octanol–water partition coefficient (Wildman–Crippen LogP) is 3.78. The Labute approximate surface area is 138 Å². The van der Waals surface area contributed by atoms with Crippen LogP contribution in [0.4, 0.5) is 0 Å². The highest BCUT2D eigenvalue weighted by Crippen LogP contribution is 2.34. The molecule has 0 unspecified atom stereocenters. The average molecular weight is 324 g/mol. The summed E-state index contributed by atoms with van der Waals surface area (Å²) in [6.07, 6.45) is 0. The number of hydrogen-bond acceptors (Lipinski definition) is 5. The second kappa shape index (κ2) is 6.17. The summed E-state index contributed by atoms with van der Waals surface area (Å²) in [6, 6.07) is 7.16. The molecule has 0 radical (unpaired) electrons. The van der Waals surface area contributed by atoms with Gasteiger partial charge in [-0.3, -0.25) is 0 Å². The first-order valence-corrected chi connectivity index (χ1v) is 7.41. The lowest BCUT2D eigenvalue weighted by Gasteiger charge is -2.05. The Morgan fingerprint density at radius 1 is 1.17 bits per heavy atom. The van der Waals surface area contributed by atoms with Crippen LogP contribution in [0.3, 0.4) is 0 Å². The Morgan fingerprint density at radius 2 is 1.96 bits per heavy atom. The molecule has 0 atom stereocenters. The summed E-state index contributed by atoms with van der Waals surface area (Å²) in [5, 5.41) is 10.9. The standard InChI is InChI=1S/C19H16O5/c1-4-5-8-22-14-7-6-13-9-16(23-15(13)10-14)18-11(2)17(20)12(3)19(21)24-18/h6-7,9-10,20H,8H2,1-3H3. The molecule has 0 aliphatic carbocycles. The molecule has 0 saturated carbocycles. The minimum Gasteiger partial charge on any atom is -0.507 e. The van der Waals surface area contributed by atoms with Gasteiger partial charge in [-0.05, 0) is 39.0 Å². The lowest BCUT2D eigenvalue weighted by atomic mass is 10.1. The van der Waals surface area contributed by atoms with E-state index in [0.717, 1.165) is 5.39 Å². The number of benzene rings is 1. The van der Waals surface area contributed by atoms with Crippen molar-refractivity contribution in [3.63, 3.8) is 0 Å². The van der Waals surface area contributed by atoms with Crippen LogP contribution in [0.25, 0.3) is 22.5 Å². The molecule has 0 aliphatic heterocycles. The number of ether oxygens (including phenoxy) is 1. The molecular weight excluding hydrogens is 308 g/mol. The van der Waals surface area contributed by atoms with Crippen LogP contribution in [0.2, 0.25) is 0 Å². The molecule has 0 aliphatic rings. The fourth-order valence-electron chi connectivity index (χ4n) is 2.37. The molecule has 1 N–H and O–H groups in total. The minimum absolute atomic E-state index is 0.0798. The van der Waals surface area contributed by atoms with Crippen LogP contribution in [0.1, 0.15) is 18.1 Å². The Hall–Kier alpha value is -3.13. The molecule has 2 aromatic heterocycles. The van der Waals surface area contributed by atoms with E-state index in [2.05, 4.69) is 11.8 Å². The summed E-state index contributed by atoms with van der Waals surface area (Å²) in [5.74, 6) is 6.73. The first kappa shape index (κ1) is 15.8. The second-order valence-electron chi connectivity index (χ2n) is 5.34. The summed E-state index contributed by atoms with van der Waals surface area (Å²) in [6.45, 7) is 5.24. The van der Waals surface area contributed by atoms with Gasteiger partial charge in [-0.2, -0.15) is 0 Å². The highest BCUT2D eigenvalue weighted by Gasteiger charge is 2.18. The van der Waals surface area contributed by atoms with E-state index >= 15 is 0 Å². The molecule has 5 heteroatoms. The molecule has 0 bridgehead atoms. The molecule has 122 valence electrons. The largest absolute Gasteiger partial charge is 0.507 e. The molecule has 1 aromatic carbocycles. The maximum Gasteiger partial charge on any atom is 0.343 e. The van der Waals surface area contributed by atoms with Gasteiger partial charge in [-0.15, -0.1) is 5.92 Å². The third-order valence-electron chi connectivity index (χ3n) is 3.76. The Kier molecular flexibility index (Phi) is 4.05. The van der Waals surface area contributed by atoms with Gasteiger partial charge in [-0.1, -0.05) is 5.92 Å². The SMILES string of the molecule is CC#CCOc1ccc2cc(-c3oc(=O)c(C)c(O)c3C)oc2c1. The topological polar surface area (TPSA) is 72.8 Å². The van der Waals surface area contributed by atoms with Gasteiger partial charge in [0.15, 0.2) is 11.5 Å². The van der Waals surface area contributed by atoms with E-state index in [4.69, 9.17) is 13.6 Å². The van der Waals surface area contributed by atoms with Crippen LogP contribution in [-0.4, -0.2) is 11.7 Å². The van der Waals surface area contributed by atoms with Crippen molar-refractivity contribution in [1.82, 2.24) is 0 Å². The molecule has 3 aromatic rings. The van der Waals surface area contributed by atoms with E-state index in [1.165, 1.54) is 6.92 Å². The Morgan fingerprint density at radius 3 is 2.71 bits per heavy atom. The first-order chi connectivity index (χ1) is 11.5. The Balaban J connectivity index is 2.05. The van der Waals surface area contributed by atoms with Crippen molar-refractivity contribution in [2.45, 2.75) is 20.8 Å². The number of rotatable bonds is 3. The zero-order chi connectivity index (χ0) is 17.3. The van der Waals surface area contributed by atoms with Crippen LogP contribution < -0.4 is 10.4 Å². The molecule has 0 saturated heterocycles. The van der Waals surface area contributed by atoms with Crippen molar-refractivity contribution < 1.29 is 18.7 Å². The monoisotopic (exact) mass is 324 g/mol. The van der Waals surface area contributed by atoms with Gasteiger partial charge < -0.3 is 18.7 Å². The zero-order valence-electron chi connectivity index (χ0n) is 13.6. The second-order valence-corrected chi connectivity index (χ2v) is 5.34. The zero-order valence-corrected chi connectivity index (χ0v) is 13.6. The van der Waals surface area contributed by atoms with Crippen molar-refractivity contribution in [3.05, 3.63) is 45.8 Å². The smallest absolute Gasteiger partial charge is 0.343 e. The molecule has 24 heavy (non-hydrogen) atoms. The van der Waals surface area contributed by atoms with E-state index < -0.39 is 5.63 Å². The lowest BCUT2D eigenvalue weighted by molar-refractivity contribution is 0.370. The van der Waals surface area contributed by atoms with Gasteiger partial charge in [0, 0.05) is 17.0 Å². The fraction of sp³-hybridized carbons (Fsp3) is 0.211. The van der Waals surface area contributed by atoms with E-state index in [1.807, 2.05) is 12.1 Å². The summed E-state index contributed by atoms with van der Waals surface area (Å²) in [7, 11) is 0. The number of furan rings is 1. The molecule has 2 heterocycles. The maximum atomic E-state index is 11.8. The summed E-state index contributed by atoms with van der Waals surface area (Å²) in [5.41, 5.74) is 0.644. The van der Waals surface area contributed by atoms with Crippen LogP contribution in [0.15, 0.2) is 37.9 Å². The molecule has 3 rings (SSSR count). The maximum absolute atomic E-state index is 11.8. The Bertz CT molecular complexity index is 1030. The molecule has 0 amide bonds.